The number of anilines is 1. The van der Waals surface area contributed by atoms with Crippen LogP contribution in [0.4, 0.5) is 23.2 Å². The van der Waals surface area contributed by atoms with Gasteiger partial charge in [-0.15, -0.1) is 0 Å². The van der Waals surface area contributed by atoms with Gasteiger partial charge in [0.1, 0.15) is 0 Å². The van der Waals surface area contributed by atoms with Gasteiger partial charge < -0.3 is 10.1 Å². The van der Waals surface area contributed by atoms with Crippen molar-refractivity contribution in [2.45, 2.75) is 31.6 Å². The predicted octanol–water partition coefficient (Wildman–Crippen LogP) is 4.76. The summed E-state index contributed by atoms with van der Waals surface area (Å²) < 4.78 is 54.5. The Bertz CT molecular complexity index is 579. The Morgan fingerprint density at radius 1 is 1.12 bits per heavy atom. The lowest BCUT2D eigenvalue weighted by molar-refractivity contribution is -0.179. The SMILES string of the molecule is O=C(CCCC(=O)OCC(F)(F)C(F)F)Nc1cc(Br)cc(Br)c1. The number of carbonyl (C=O) groups is 2. The summed E-state index contributed by atoms with van der Waals surface area (Å²) in [6.07, 6.45) is -4.24. The maximum Gasteiger partial charge on any atom is 0.340 e. The first-order valence-electron chi connectivity index (χ1n) is 6.67. The number of hydrogen-bond acceptors (Lipinski definition) is 3. The summed E-state index contributed by atoms with van der Waals surface area (Å²) in [5, 5.41) is 2.60. The van der Waals surface area contributed by atoms with Crippen molar-refractivity contribution < 1.29 is 31.9 Å². The van der Waals surface area contributed by atoms with Gasteiger partial charge in [0.05, 0.1) is 0 Å². The standard InChI is InChI=1S/C14H13Br2F4NO3/c15-8-4-9(16)6-10(5-8)21-11(22)2-1-3-12(23)24-7-14(19,20)13(17)18/h4-6,13H,1-3,7H2,(H,21,22). The first-order chi connectivity index (χ1) is 11.1. The molecule has 0 radical (unpaired) electrons. The molecule has 0 unspecified atom stereocenters. The number of carbonyl (C=O) groups excluding carboxylic acids is 2. The summed E-state index contributed by atoms with van der Waals surface area (Å²) in [5.41, 5.74) is 0.528. The van der Waals surface area contributed by atoms with Crippen molar-refractivity contribution in [3.63, 3.8) is 0 Å². The molecule has 0 bridgehead atoms. The minimum Gasteiger partial charge on any atom is -0.459 e. The van der Waals surface area contributed by atoms with Crippen LogP contribution in [0.2, 0.25) is 0 Å². The maximum atomic E-state index is 12.6. The molecule has 0 aliphatic heterocycles. The van der Waals surface area contributed by atoms with E-state index in [2.05, 4.69) is 41.9 Å². The first kappa shape index (κ1) is 20.9. The zero-order valence-corrected chi connectivity index (χ0v) is 15.3. The molecule has 0 spiro atoms. The van der Waals surface area contributed by atoms with Crippen molar-refractivity contribution in [3.8, 4) is 0 Å². The lowest BCUT2D eigenvalue weighted by Crippen LogP contribution is -2.33. The van der Waals surface area contributed by atoms with Crippen LogP contribution in [0.5, 0.6) is 0 Å². The molecular weight excluding hydrogens is 466 g/mol. The molecule has 134 valence electrons. The van der Waals surface area contributed by atoms with Gasteiger partial charge in [-0.05, 0) is 24.6 Å². The number of rotatable bonds is 8. The Labute approximate surface area is 152 Å². The highest BCUT2D eigenvalue weighted by molar-refractivity contribution is 9.11. The molecule has 1 aromatic rings. The zero-order valence-electron chi connectivity index (χ0n) is 12.1. The normalized spacial score (nSPS) is 11.5. The summed E-state index contributed by atoms with van der Waals surface area (Å²) in [4.78, 5) is 22.9. The minimum absolute atomic E-state index is 0.0418. The van der Waals surface area contributed by atoms with E-state index in [1.165, 1.54) is 0 Å². The first-order valence-corrected chi connectivity index (χ1v) is 8.26. The second kappa shape index (κ2) is 9.36. The van der Waals surface area contributed by atoms with Gasteiger partial charge in [0, 0.05) is 27.5 Å². The fraction of sp³-hybridized carbons (Fsp3) is 0.429. The molecule has 0 aliphatic carbocycles. The summed E-state index contributed by atoms with van der Waals surface area (Å²) in [5.74, 6) is -5.82. The van der Waals surface area contributed by atoms with E-state index in [1.807, 2.05) is 0 Å². The molecule has 4 nitrogen and oxygen atoms in total. The van der Waals surface area contributed by atoms with Crippen LogP contribution >= 0.6 is 31.9 Å². The van der Waals surface area contributed by atoms with Crippen molar-refractivity contribution in [2.75, 3.05) is 11.9 Å². The van der Waals surface area contributed by atoms with Gasteiger partial charge in [0.2, 0.25) is 5.91 Å². The Morgan fingerprint density at radius 3 is 2.25 bits per heavy atom. The number of alkyl halides is 4. The molecule has 0 fully saturated rings. The smallest absolute Gasteiger partial charge is 0.340 e. The number of ether oxygens (including phenoxy) is 1. The fourth-order valence-corrected chi connectivity index (χ4v) is 2.85. The quantitative estimate of drug-likeness (QED) is 0.432. The number of halogens is 6. The van der Waals surface area contributed by atoms with Crippen molar-refractivity contribution >= 4 is 49.4 Å². The van der Waals surface area contributed by atoms with Crippen LogP contribution < -0.4 is 5.32 Å². The minimum atomic E-state index is -4.37. The molecule has 1 amide bonds. The lowest BCUT2D eigenvalue weighted by Gasteiger charge is -2.14. The highest BCUT2D eigenvalue weighted by Crippen LogP contribution is 2.24. The van der Waals surface area contributed by atoms with E-state index < -0.39 is 24.9 Å². The molecule has 1 aromatic carbocycles. The maximum absolute atomic E-state index is 12.6. The highest BCUT2D eigenvalue weighted by Gasteiger charge is 2.42. The van der Waals surface area contributed by atoms with Crippen LogP contribution in [0.15, 0.2) is 27.1 Å². The molecule has 0 saturated heterocycles. The van der Waals surface area contributed by atoms with Crippen molar-refractivity contribution in [1.29, 1.82) is 0 Å². The topological polar surface area (TPSA) is 55.4 Å². The molecule has 0 aliphatic rings. The molecule has 0 heterocycles. The molecule has 0 atom stereocenters. The van der Waals surface area contributed by atoms with E-state index in [1.54, 1.807) is 18.2 Å². The monoisotopic (exact) mass is 477 g/mol. The third-order valence-electron chi connectivity index (χ3n) is 2.68. The van der Waals surface area contributed by atoms with Crippen LogP contribution in [-0.2, 0) is 14.3 Å². The van der Waals surface area contributed by atoms with Gasteiger partial charge >= 0.3 is 18.3 Å². The van der Waals surface area contributed by atoms with E-state index in [9.17, 15) is 27.2 Å². The van der Waals surface area contributed by atoms with E-state index in [4.69, 9.17) is 0 Å². The largest absolute Gasteiger partial charge is 0.459 e. The fourth-order valence-electron chi connectivity index (χ4n) is 1.55. The average Bonchev–Trinajstić information content (AvgIpc) is 2.43. The van der Waals surface area contributed by atoms with E-state index in [-0.39, 0.29) is 25.2 Å². The van der Waals surface area contributed by atoms with Gasteiger partial charge in [-0.3, -0.25) is 9.59 Å². The van der Waals surface area contributed by atoms with Gasteiger partial charge in [0.25, 0.3) is 0 Å². The third-order valence-corrected chi connectivity index (χ3v) is 3.59. The van der Waals surface area contributed by atoms with Crippen molar-refractivity contribution in [2.24, 2.45) is 0 Å². The van der Waals surface area contributed by atoms with Crippen molar-refractivity contribution in [1.82, 2.24) is 0 Å². The third kappa shape index (κ3) is 7.61. The number of amides is 1. The van der Waals surface area contributed by atoms with Gasteiger partial charge in [-0.1, -0.05) is 31.9 Å². The molecule has 0 saturated carbocycles. The number of esters is 1. The van der Waals surface area contributed by atoms with E-state index in [0.29, 0.717) is 5.69 Å². The van der Waals surface area contributed by atoms with Crippen LogP contribution in [0.1, 0.15) is 19.3 Å². The Balaban J connectivity index is 2.31. The van der Waals surface area contributed by atoms with Crippen LogP contribution in [-0.4, -0.2) is 30.8 Å². The molecule has 10 heteroatoms. The van der Waals surface area contributed by atoms with Crippen molar-refractivity contribution in [3.05, 3.63) is 27.1 Å². The average molecular weight is 479 g/mol. The number of benzene rings is 1. The Morgan fingerprint density at radius 2 is 1.71 bits per heavy atom. The lowest BCUT2D eigenvalue weighted by atomic mass is 10.2. The summed E-state index contributed by atoms with van der Waals surface area (Å²) >= 11 is 6.52. The second-order valence-corrected chi connectivity index (χ2v) is 6.61. The van der Waals surface area contributed by atoms with E-state index >= 15 is 0 Å². The van der Waals surface area contributed by atoms with Crippen LogP contribution in [0.25, 0.3) is 0 Å². The van der Waals surface area contributed by atoms with Gasteiger partial charge in [-0.25, -0.2) is 8.78 Å². The predicted molar refractivity (Wildman–Crippen MR) is 86.2 cm³/mol. The number of hydrogen-bond donors (Lipinski definition) is 1. The summed E-state index contributed by atoms with van der Waals surface area (Å²) in [6, 6.07) is 5.12. The summed E-state index contributed by atoms with van der Waals surface area (Å²) in [6.45, 7) is -1.68. The van der Waals surface area contributed by atoms with Gasteiger partial charge in [0.15, 0.2) is 6.61 Å². The number of nitrogens with one attached hydrogen (secondary N) is 1. The molecule has 1 N–H and O–H groups in total. The zero-order chi connectivity index (χ0) is 18.3. The Hall–Kier alpha value is -1.16. The molecular formula is C14H13Br2F4NO3. The van der Waals surface area contributed by atoms with Crippen LogP contribution in [0.3, 0.4) is 0 Å². The van der Waals surface area contributed by atoms with Gasteiger partial charge in [-0.2, -0.15) is 8.78 Å². The Kier molecular flexibility index (Phi) is 8.14. The highest BCUT2D eigenvalue weighted by atomic mass is 79.9. The molecule has 0 aromatic heterocycles. The van der Waals surface area contributed by atoms with Crippen LogP contribution in [0, 0.1) is 0 Å². The van der Waals surface area contributed by atoms with E-state index in [0.717, 1.165) is 8.95 Å². The molecule has 1 rings (SSSR count). The molecule has 24 heavy (non-hydrogen) atoms. The second-order valence-electron chi connectivity index (χ2n) is 4.78. The summed E-state index contributed by atoms with van der Waals surface area (Å²) in [7, 11) is 0.